The average molecular weight is 453 g/mol. The van der Waals surface area contributed by atoms with Crippen molar-refractivity contribution >= 4 is 41.7 Å². The van der Waals surface area contributed by atoms with E-state index in [2.05, 4.69) is 23.4 Å². The molecule has 0 radical (unpaired) electrons. The third-order valence-electron chi connectivity index (χ3n) is 5.84. The molecule has 3 fully saturated rings. The minimum atomic E-state index is 0. The van der Waals surface area contributed by atoms with E-state index in [4.69, 9.17) is 9.73 Å². The zero-order chi connectivity index (χ0) is 15.5. The highest BCUT2D eigenvalue weighted by Gasteiger charge is 2.43. The van der Waals surface area contributed by atoms with Crippen molar-refractivity contribution < 1.29 is 4.74 Å². The number of nitrogens with zero attached hydrogens (tertiary/aromatic N) is 2. The molecule has 1 aliphatic carbocycles. The van der Waals surface area contributed by atoms with Crippen LogP contribution in [0.15, 0.2) is 4.99 Å². The van der Waals surface area contributed by atoms with Crippen LogP contribution in [-0.2, 0) is 4.74 Å². The Hall–Kier alpha value is 0.310. The van der Waals surface area contributed by atoms with Gasteiger partial charge in [0.05, 0.1) is 6.54 Å². The summed E-state index contributed by atoms with van der Waals surface area (Å²) in [5, 5.41) is 3.53. The van der Waals surface area contributed by atoms with Crippen molar-refractivity contribution in [1.82, 2.24) is 10.2 Å². The molecule has 4 nitrogen and oxygen atoms in total. The number of likely N-dealkylation sites (tertiary alicyclic amines) is 1. The summed E-state index contributed by atoms with van der Waals surface area (Å²) in [5.41, 5.74) is 0.631. The second kappa shape index (κ2) is 8.61. The molecule has 2 heterocycles. The zero-order valence-corrected chi connectivity index (χ0v) is 17.8. The smallest absolute Gasteiger partial charge is 0.193 e. The van der Waals surface area contributed by atoms with Crippen LogP contribution < -0.4 is 5.32 Å². The summed E-state index contributed by atoms with van der Waals surface area (Å²) in [7, 11) is 0. The number of hydrogen-bond donors (Lipinski definition) is 1. The Morgan fingerprint density at radius 1 is 1.22 bits per heavy atom. The standard InChI is InChI=1S/C17H31N3OS.HI/c1-3-18-15(20-10-7-16(14-20)5-4-6-16)19-13-17(22-2)8-11-21-12-9-17;/h3-14H2,1-2H3,(H,18,19);1H. The molecule has 1 N–H and O–H groups in total. The number of halogens is 1. The van der Waals surface area contributed by atoms with Crippen molar-refractivity contribution in [2.45, 2.75) is 50.2 Å². The third-order valence-corrected chi connectivity index (χ3v) is 7.24. The van der Waals surface area contributed by atoms with E-state index in [9.17, 15) is 0 Å². The van der Waals surface area contributed by atoms with Gasteiger partial charge in [-0.25, -0.2) is 0 Å². The molecule has 1 saturated carbocycles. The normalized spacial score (nSPS) is 25.8. The maximum Gasteiger partial charge on any atom is 0.193 e. The molecule has 0 aromatic heterocycles. The lowest BCUT2D eigenvalue weighted by atomic mass is 9.68. The second-order valence-corrected chi connectivity index (χ2v) is 8.47. The van der Waals surface area contributed by atoms with Gasteiger partial charge in [0.1, 0.15) is 0 Å². The first-order valence-corrected chi connectivity index (χ1v) is 10.1. The van der Waals surface area contributed by atoms with Crippen LogP contribution in [-0.4, -0.2) is 61.3 Å². The number of thioether (sulfide) groups is 1. The molecular weight excluding hydrogens is 421 g/mol. The minimum absolute atomic E-state index is 0. The highest BCUT2D eigenvalue weighted by Crippen LogP contribution is 2.48. The molecule has 0 bridgehead atoms. The number of nitrogens with one attached hydrogen (secondary N) is 1. The predicted octanol–water partition coefficient (Wildman–Crippen LogP) is 3.36. The molecule has 0 atom stereocenters. The van der Waals surface area contributed by atoms with E-state index in [1.165, 1.54) is 38.8 Å². The van der Waals surface area contributed by atoms with E-state index in [1.807, 2.05) is 11.8 Å². The maximum atomic E-state index is 5.54. The Bertz CT molecular complexity index is 409. The molecule has 2 saturated heterocycles. The summed E-state index contributed by atoms with van der Waals surface area (Å²) in [5.74, 6) is 1.14. The van der Waals surface area contributed by atoms with Gasteiger partial charge in [0.15, 0.2) is 5.96 Å². The van der Waals surface area contributed by atoms with Gasteiger partial charge in [-0.05, 0) is 50.7 Å². The number of aliphatic imine (C=N–C) groups is 1. The quantitative estimate of drug-likeness (QED) is 0.403. The number of ether oxygens (including phenoxy) is 1. The Morgan fingerprint density at radius 2 is 1.96 bits per heavy atom. The van der Waals surface area contributed by atoms with Crippen LogP contribution in [0.25, 0.3) is 0 Å². The first-order chi connectivity index (χ1) is 10.7. The molecule has 2 aliphatic heterocycles. The fraction of sp³-hybridized carbons (Fsp3) is 0.941. The van der Waals surface area contributed by atoms with Crippen LogP contribution in [0.1, 0.15) is 45.4 Å². The second-order valence-electron chi connectivity index (χ2n) is 7.19. The molecule has 0 amide bonds. The van der Waals surface area contributed by atoms with Gasteiger partial charge in [-0.1, -0.05) is 6.42 Å². The predicted molar refractivity (Wildman–Crippen MR) is 110 cm³/mol. The Balaban J connectivity index is 0.00000192. The monoisotopic (exact) mass is 453 g/mol. The summed E-state index contributed by atoms with van der Waals surface area (Å²) >= 11 is 1.98. The number of rotatable bonds is 4. The van der Waals surface area contributed by atoms with Gasteiger partial charge in [0.2, 0.25) is 0 Å². The van der Waals surface area contributed by atoms with Crippen molar-refractivity contribution in [3.05, 3.63) is 0 Å². The van der Waals surface area contributed by atoms with Crippen LogP contribution in [0.2, 0.25) is 0 Å². The average Bonchev–Trinajstić information content (AvgIpc) is 2.98. The lowest BCUT2D eigenvalue weighted by Crippen LogP contribution is -2.44. The maximum absolute atomic E-state index is 5.54. The number of hydrogen-bond acceptors (Lipinski definition) is 3. The van der Waals surface area contributed by atoms with Gasteiger partial charge >= 0.3 is 0 Å². The summed E-state index contributed by atoms with van der Waals surface area (Å²) in [6.45, 7) is 8.22. The largest absolute Gasteiger partial charge is 0.381 e. The highest BCUT2D eigenvalue weighted by molar-refractivity contribution is 14.0. The third kappa shape index (κ3) is 4.48. The van der Waals surface area contributed by atoms with E-state index in [0.717, 1.165) is 45.1 Å². The van der Waals surface area contributed by atoms with E-state index in [-0.39, 0.29) is 28.7 Å². The van der Waals surface area contributed by atoms with Crippen molar-refractivity contribution in [3.63, 3.8) is 0 Å². The Labute approximate surface area is 162 Å². The molecule has 0 aromatic carbocycles. The summed E-state index contributed by atoms with van der Waals surface area (Å²) in [6.07, 6.45) is 10.1. The first kappa shape index (κ1) is 19.6. The van der Waals surface area contributed by atoms with Gasteiger partial charge < -0.3 is 15.0 Å². The lowest BCUT2D eigenvalue weighted by Gasteiger charge is -2.38. The van der Waals surface area contributed by atoms with Gasteiger partial charge in [-0.2, -0.15) is 11.8 Å². The molecule has 3 rings (SSSR count). The van der Waals surface area contributed by atoms with Crippen molar-refractivity contribution in [3.8, 4) is 0 Å². The summed E-state index contributed by atoms with van der Waals surface area (Å²) in [6, 6.07) is 0. The van der Waals surface area contributed by atoms with Gasteiger partial charge in [-0.15, -0.1) is 24.0 Å². The van der Waals surface area contributed by atoms with E-state index >= 15 is 0 Å². The van der Waals surface area contributed by atoms with Crippen molar-refractivity contribution in [2.75, 3.05) is 45.6 Å². The zero-order valence-electron chi connectivity index (χ0n) is 14.6. The van der Waals surface area contributed by atoms with Crippen molar-refractivity contribution in [2.24, 2.45) is 10.4 Å². The molecule has 23 heavy (non-hydrogen) atoms. The van der Waals surface area contributed by atoms with Crippen molar-refractivity contribution in [1.29, 1.82) is 0 Å². The van der Waals surface area contributed by atoms with Crippen LogP contribution >= 0.6 is 35.7 Å². The lowest BCUT2D eigenvalue weighted by molar-refractivity contribution is 0.0793. The topological polar surface area (TPSA) is 36.9 Å². The van der Waals surface area contributed by atoms with E-state index in [0.29, 0.717) is 5.41 Å². The first-order valence-electron chi connectivity index (χ1n) is 8.87. The van der Waals surface area contributed by atoms with E-state index in [1.54, 1.807) is 0 Å². The van der Waals surface area contributed by atoms with Gasteiger partial charge in [0, 0.05) is 37.6 Å². The molecule has 0 aromatic rings. The molecule has 134 valence electrons. The molecule has 1 spiro atoms. The summed E-state index contributed by atoms with van der Waals surface area (Å²) in [4.78, 5) is 7.55. The number of guanidine groups is 1. The van der Waals surface area contributed by atoms with Gasteiger partial charge in [0.25, 0.3) is 0 Å². The van der Waals surface area contributed by atoms with Crippen LogP contribution in [0.3, 0.4) is 0 Å². The molecule has 3 aliphatic rings. The minimum Gasteiger partial charge on any atom is -0.381 e. The Kier molecular flexibility index (Phi) is 7.35. The fourth-order valence-corrected chi connectivity index (χ4v) is 4.78. The molecule has 0 unspecified atom stereocenters. The fourth-order valence-electron chi connectivity index (χ4n) is 4.02. The summed E-state index contributed by atoms with van der Waals surface area (Å²) < 4.78 is 5.83. The molecule has 6 heteroatoms. The van der Waals surface area contributed by atoms with Gasteiger partial charge in [-0.3, -0.25) is 4.99 Å². The van der Waals surface area contributed by atoms with E-state index < -0.39 is 0 Å². The highest BCUT2D eigenvalue weighted by atomic mass is 127. The van der Waals surface area contributed by atoms with Crippen LogP contribution in [0.5, 0.6) is 0 Å². The Morgan fingerprint density at radius 3 is 2.48 bits per heavy atom. The SMILES string of the molecule is CCNC(=NCC1(SC)CCOCC1)N1CCC2(CCC2)C1.I. The molecular formula is C17H32IN3OS. The van der Waals surface area contributed by atoms with Crippen LogP contribution in [0, 0.1) is 5.41 Å². The van der Waals surface area contributed by atoms with Crippen LogP contribution in [0.4, 0.5) is 0 Å².